The molecule has 4 heterocycles. The fourth-order valence-corrected chi connectivity index (χ4v) is 10.7. The molecule has 0 amide bonds. The highest BCUT2D eigenvalue weighted by Crippen LogP contribution is 2.42. The molecule has 14 rings (SSSR count). The predicted octanol–water partition coefficient (Wildman–Crippen LogP) is 16.0. The van der Waals surface area contributed by atoms with Crippen LogP contribution in [0.2, 0.25) is 0 Å². The van der Waals surface area contributed by atoms with Crippen molar-refractivity contribution in [2.24, 2.45) is 0 Å². The molecule has 63 heavy (non-hydrogen) atoms. The van der Waals surface area contributed by atoms with Crippen LogP contribution in [0.4, 0.5) is 0 Å². The van der Waals surface area contributed by atoms with Crippen LogP contribution in [-0.4, -0.2) is 13.5 Å². The van der Waals surface area contributed by atoms with Crippen molar-refractivity contribution < 1.29 is 0 Å². The number of fused-ring (bicyclic) bond motifs is 12. The highest BCUT2D eigenvalue weighted by molar-refractivity contribution is 6.23. The van der Waals surface area contributed by atoms with Gasteiger partial charge in [-0.1, -0.05) is 158 Å². The van der Waals surface area contributed by atoms with Crippen LogP contribution >= 0.6 is 0 Å². The van der Waals surface area contributed by atoms with Gasteiger partial charge in [0.2, 0.25) is 0 Å². The fraction of sp³-hybridized carbons (Fsp3) is 0. The van der Waals surface area contributed by atoms with Crippen LogP contribution in [0.1, 0.15) is 0 Å². The highest BCUT2D eigenvalue weighted by atomic mass is 15.0. The molecule has 10 aromatic carbocycles. The molecule has 0 spiro atoms. The molecule has 3 heteroatoms. The molecule has 0 saturated heterocycles. The summed E-state index contributed by atoms with van der Waals surface area (Å²) in [5.41, 5.74) is 18.2. The number of para-hydroxylation sites is 5. The maximum Gasteiger partial charge on any atom is 0.0620 e. The summed E-state index contributed by atoms with van der Waals surface area (Å²) in [4.78, 5) is 0. The molecule has 0 radical (unpaired) electrons. The first-order chi connectivity index (χ1) is 31.2. The number of hydrogen-bond acceptors (Lipinski definition) is 0. The summed E-state index contributed by atoms with van der Waals surface area (Å²) in [7, 11) is 0. The van der Waals surface area contributed by atoms with Crippen LogP contribution in [0.5, 0.6) is 0 Å². The van der Waals surface area contributed by atoms with E-state index in [1.807, 2.05) is 0 Å². The largest absolute Gasteiger partial charge is 0.309 e. The molecule has 0 N–H and O–H groups in total. The Morgan fingerprint density at radius 1 is 0.206 bits per heavy atom. The van der Waals surface area contributed by atoms with E-state index in [0.717, 1.165) is 5.69 Å². The van der Waals surface area contributed by atoms with Gasteiger partial charge in [0.25, 0.3) is 0 Å². The molecule has 0 aliphatic heterocycles. The average Bonchev–Trinajstić information content (AvgIpc) is 4.08. The maximum atomic E-state index is 2.47. The molecular weight excluding hydrogens is 763 g/mol. The van der Waals surface area contributed by atoms with Gasteiger partial charge in [-0.25, -0.2) is 0 Å². The van der Waals surface area contributed by atoms with E-state index in [2.05, 4.69) is 238 Å². The zero-order chi connectivity index (χ0) is 41.2. The first kappa shape index (κ1) is 34.3. The first-order valence-corrected chi connectivity index (χ1v) is 21.8. The summed E-state index contributed by atoms with van der Waals surface area (Å²) in [6.07, 6.45) is 0. The van der Waals surface area contributed by atoms with E-state index in [0.29, 0.717) is 0 Å². The predicted molar refractivity (Wildman–Crippen MR) is 266 cm³/mol. The minimum absolute atomic E-state index is 1.16. The lowest BCUT2D eigenvalue weighted by atomic mass is 9.97. The van der Waals surface area contributed by atoms with E-state index in [-0.39, 0.29) is 0 Å². The van der Waals surface area contributed by atoms with Crippen molar-refractivity contribution in [1.29, 1.82) is 0 Å². The lowest BCUT2D eigenvalue weighted by Gasteiger charge is -2.10. The molecule has 4 aromatic heterocycles. The van der Waals surface area contributed by atoms with E-state index in [1.54, 1.807) is 0 Å². The fourth-order valence-electron chi connectivity index (χ4n) is 10.7. The van der Waals surface area contributed by atoms with E-state index < -0.39 is 0 Å². The first-order valence-electron chi connectivity index (χ1n) is 21.8. The summed E-state index contributed by atoms with van der Waals surface area (Å²) in [5, 5.41) is 10.2. The zero-order valence-electron chi connectivity index (χ0n) is 34.2. The van der Waals surface area contributed by atoms with Gasteiger partial charge in [0, 0.05) is 54.5 Å². The van der Waals surface area contributed by atoms with Crippen molar-refractivity contribution in [2.75, 3.05) is 0 Å². The Bertz CT molecular complexity index is 4110. The van der Waals surface area contributed by atoms with Crippen molar-refractivity contribution in [3.8, 4) is 44.8 Å². The third kappa shape index (κ3) is 4.96. The Morgan fingerprint density at radius 3 is 1.16 bits per heavy atom. The molecule has 0 unspecified atom stereocenters. The molecule has 14 aromatic rings. The molecule has 0 aliphatic carbocycles. The third-order valence-electron chi connectivity index (χ3n) is 13.6. The van der Waals surface area contributed by atoms with Crippen LogP contribution in [0, 0.1) is 0 Å². The van der Waals surface area contributed by atoms with E-state index >= 15 is 0 Å². The van der Waals surface area contributed by atoms with E-state index in [4.69, 9.17) is 0 Å². The summed E-state index contributed by atoms with van der Waals surface area (Å²) in [6.45, 7) is 0. The quantitative estimate of drug-likeness (QED) is 0.165. The van der Waals surface area contributed by atoms with Gasteiger partial charge >= 0.3 is 0 Å². The van der Waals surface area contributed by atoms with Crippen molar-refractivity contribution in [1.82, 2.24) is 13.5 Å². The molecule has 0 bridgehead atoms. The molecule has 3 nitrogen and oxygen atoms in total. The summed E-state index contributed by atoms with van der Waals surface area (Å²) in [5.74, 6) is 0. The van der Waals surface area contributed by atoms with E-state index in [1.165, 1.54) is 121 Å². The number of nitrogens with zero attached hydrogens (tertiary/aromatic N) is 3. The third-order valence-corrected chi connectivity index (χ3v) is 13.6. The summed E-state index contributed by atoms with van der Waals surface area (Å²) in [6, 6.07) is 82.6. The van der Waals surface area contributed by atoms with Gasteiger partial charge in [0.1, 0.15) is 0 Å². The second-order valence-corrected chi connectivity index (χ2v) is 16.9. The van der Waals surface area contributed by atoms with Crippen molar-refractivity contribution in [2.45, 2.75) is 0 Å². The van der Waals surface area contributed by atoms with Crippen molar-refractivity contribution in [3.05, 3.63) is 224 Å². The van der Waals surface area contributed by atoms with Gasteiger partial charge in [-0.05, 0) is 100 Å². The SMILES string of the molecule is c1ccc(-n2c3ccccc3c3cc(-c4ccc(-c5ccc(-c6ccc7c(c6)c6ccccc6n7-c6ccc7c8cccc9c%10ccccc%10n(c7c6)c98)cc5)cc4)ccc32)cc1. The smallest absolute Gasteiger partial charge is 0.0620 e. The van der Waals surface area contributed by atoms with Gasteiger partial charge < -0.3 is 13.5 Å². The van der Waals surface area contributed by atoms with Crippen molar-refractivity contribution in [3.63, 3.8) is 0 Å². The van der Waals surface area contributed by atoms with Gasteiger partial charge in [-0.2, -0.15) is 0 Å². The van der Waals surface area contributed by atoms with Crippen molar-refractivity contribution >= 4 is 81.7 Å². The second-order valence-electron chi connectivity index (χ2n) is 16.9. The summed E-state index contributed by atoms with van der Waals surface area (Å²) >= 11 is 0. The molecule has 292 valence electrons. The summed E-state index contributed by atoms with van der Waals surface area (Å²) < 4.78 is 7.27. The topological polar surface area (TPSA) is 14.3 Å². The zero-order valence-corrected chi connectivity index (χ0v) is 34.2. The van der Waals surface area contributed by atoms with Crippen LogP contribution in [0.3, 0.4) is 0 Å². The number of benzene rings is 10. The van der Waals surface area contributed by atoms with Gasteiger partial charge in [0.15, 0.2) is 0 Å². The molecule has 0 saturated carbocycles. The second kappa shape index (κ2) is 13.1. The standard InChI is InChI=1S/C60H37N3/c1-2-11-44(12-3-1)61-54-18-7-5-14-47(54)52-35-42(29-33-57(52)61)40-25-21-38(22-26-40)39-23-27-41(28-24-39)43-30-34-58-53(36-43)48-15-6-8-19-55(48)62(58)45-31-32-49-51-17-10-16-50-46-13-4-9-20-56(46)63(60(50)51)59(49)37-45/h1-37H. The van der Waals surface area contributed by atoms with E-state index in [9.17, 15) is 0 Å². The van der Waals surface area contributed by atoms with Crippen LogP contribution in [-0.2, 0) is 0 Å². The maximum absolute atomic E-state index is 2.47. The van der Waals surface area contributed by atoms with Gasteiger partial charge in [-0.15, -0.1) is 0 Å². The molecule has 0 atom stereocenters. The minimum atomic E-state index is 1.16. The lowest BCUT2D eigenvalue weighted by Crippen LogP contribution is -1.94. The van der Waals surface area contributed by atoms with Crippen LogP contribution in [0.25, 0.3) is 126 Å². The van der Waals surface area contributed by atoms with Gasteiger partial charge in [0.05, 0.1) is 38.6 Å². The number of aromatic nitrogens is 3. The average molecular weight is 800 g/mol. The molecular formula is C60H37N3. The van der Waals surface area contributed by atoms with Gasteiger partial charge in [-0.3, -0.25) is 0 Å². The lowest BCUT2D eigenvalue weighted by molar-refractivity contribution is 1.18. The Balaban J connectivity index is 0.803. The Kier molecular flexibility index (Phi) is 7.11. The Labute approximate surface area is 362 Å². The number of hydrogen-bond donors (Lipinski definition) is 0. The van der Waals surface area contributed by atoms with Crippen LogP contribution < -0.4 is 0 Å². The monoisotopic (exact) mass is 799 g/mol. The molecule has 0 fully saturated rings. The molecule has 0 aliphatic rings. The minimum Gasteiger partial charge on any atom is -0.309 e. The van der Waals surface area contributed by atoms with Crippen LogP contribution in [0.15, 0.2) is 224 Å². The normalized spacial score (nSPS) is 12.1. The number of rotatable bonds is 5. The Morgan fingerprint density at radius 2 is 0.603 bits per heavy atom. The Hall–Kier alpha value is -8.40. The highest BCUT2D eigenvalue weighted by Gasteiger charge is 2.20.